The molecule has 0 amide bonds. The number of aromatic nitrogens is 2. The fourth-order valence-electron chi connectivity index (χ4n) is 2.01. The van der Waals surface area contributed by atoms with Crippen molar-refractivity contribution in [1.29, 1.82) is 0 Å². The highest BCUT2D eigenvalue weighted by atomic mass is 15.4. The molecule has 2 rings (SSSR count). The van der Waals surface area contributed by atoms with Crippen LogP contribution in [0, 0.1) is 0 Å². The van der Waals surface area contributed by atoms with Crippen LogP contribution in [-0.4, -0.2) is 29.8 Å². The maximum absolute atomic E-state index is 4.70. The van der Waals surface area contributed by atoms with Gasteiger partial charge in [-0.05, 0) is 33.0 Å². The fraction of sp³-hybridized carbons (Fsp3) is 0.462. The third-order valence-electron chi connectivity index (χ3n) is 3.26. The maximum atomic E-state index is 4.70. The Bertz CT molecular complexity index is 503. The van der Waals surface area contributed by atoms with Gasteiger partial charge >= 0.3 is 0 Å². The molecule has 17 heavy (non-hydrogen) atoms. The molecule has 4 nitrogen and oxygen atoms in total. The van der Waals surface area contributed by atoms with Crippen LogP contribution in [0.1, 0.15) is 13.8 Å². The monoisotopic (exact) mass is 232 g/mol. The predicted molar refractivity (Wildman–Crippen MR) is 72.3 cm³/mol. The average Bonchev–Trinajstić information content (AvgIpc) is 2.75. The first-order valence-electron chi connectivity index (χ1n) is 6.04. The van der Waals surface area contributed by atoms with E-state index in [4.69, 9.17) is 4.98 Å². The van der Waals surface area contributed by atoms with Gasteiger partial charge in [0, 0.05) is 13.6 Å². The molecule has 0 aliphatic heterocycles. The summed E-state index contributed by atoms with van der Waals surface area (Å²) in [7, 11) is 4.02. The zero-order valence-electron chi connectivity index (χ0n) is 10.9. The lowest BCUT2D eigenvalue weighted by Gasteiger charge is -2.25. The fourth-order valence-corrected chi connectivity index (χ4v) is 2.01. The number of hydrogen-bond acceptors (Lipinski definition) is 3. The summed E-state index contributed by atoms with van der Waals surface area (Å²) in [5.74, 6) is 1.01. The number of fused-ring (bicyclic) bond motifs is 1. The standard InChI is InChI=1S/C13H20N4/c1-5-17-12-9-7-6-8-11(12)15-13(17)16(4)10(2)14-3/h6-10,14H,5H2,1-4H3. The maximum Gasteiger partial charge on any atom is 0.207 e. The van der Waals surface area contributed by atoms with Gasteiger partial charge in [0.1, 0.15) is 0 Å². The highest BCUT2D eigenvalue weighted by Crippen LogP contribution is 2.22. The lowest BCUT2D eigenvalue weighted by molar-refractivity contribution is 0.576. The zero-order valence-corrected chi connectivity index (χ0v) is 10.9. The number of rotatable bonds is 4. The highest BCUT2D eigenvalue weighted by Gasteiger charge is 2.16. The van der Waals surface area contributed by atoms with Gasteiger partial charge in [-0.2, -0.15) is 0 Å². The molecule has 0 aliphatic rings. The summed E-state index contributed by atoms with van der Waals surface area (Å²) in [6.45, 7) is 5.20. The molecule has 4 heteroatoms. The summed E-state index contributed by atoms with van der Waals surface area (Å²) in [5.41, 5.74) is 2.25. The lowest BCUT2D eigenvalue weighted by atomic mass is 10.3. The summed E-state index contributed by atoms with van der Waals surface area (Å²) in [6.07, 6.45) is 0.261. The lowest BCUT2D eigenvalue weighted by Crippen LogP contribution is -2.40. The minimum Gasteiger partial charge on any atom is -0.330 e. The molecule has 0 aliphatic carbocycles. The second-order valence-corrected chi connectivity index (χ2v) is 4.22. The molecule has 92 valence electrons. The van der Waals surface area contributed by atoms with Crippen LogP contribution in [0.4, 0.5) is 5.95 Å². The molecule has 1 aromatic heterocycles. The number of imidazole rings is 1. The van der Waals surface area contributed by atoms with Crippen LogP contribution in [-0.2, 0) is 6.54 Å². The van der Waals surface area contributed by atoms with Crippen molar-refractivity contribution in [1.82, 2.24) is 14.9 Å². The van der Waals surface area contributed by atoms with Crippen molar-refractivity contribution in [3.8, 4) is 0 Å². The summed E-state index contributed by atoms with van der Waals surface area (Å²) < 4.78 is 2.24. The Morgan fingerprint density at radius 3 is 2.76 bits per heavy atom. The van der Waals surface area contributed by atoms with Gasteiger partial charge in [0.05, 0.1) is 17.2 Å². The Labute approximate surface area is 102 Å². The van der Waals surface area contributed by atoms with Gasteiger partial charge in [-0.1, -0.05) is 12.1 Å². The van der Waals surface area contributed by atoms with Gasteiger partial charge < -0.3 is 14.8 Å². The van der Waals surface area contributed by atoms with Crippen LogP contribution >= 0.6 is 0 Å². The van der Waals surface area contributed by atoms with Crippen molar-refractivity contribution < 1.29 is 0 Å². The van der Waals surface area contributed by atoms with E-state index >= 15 is 0 Å². The number of hydrogen-bond donors (Lipinski definition) is 1. The van der Waals surface area contributed by atoms with Crippen molar-refractivity contribution in [2.24, 2.45) is 0 Å². The van der Waals surface area contributed by atoms with Gasteiger partial charge in [-0.25, -0.2) is 4.98 Å². The molecular formula is C13H20N4. The number of nitrogens with one attached hydrogen (secondary N) is 1. The molecule has 0 radical (unpaired) electrons. The normalized spacial score (nSPS) is 12.9. The topological polar surface area (TPSA) is 33.1 Å². The molecule has 1 atom stereocenters. The molecule has 0 fully saturated rings. The van der Waals surface area contributed by atoms with Gasteiger partial charge in [0.25, 0.3) is 0 Å². The molecule has 0 saturated carbocycles. The van der Waals surface area contributed by atoms with E-state index in [1.54, 1.807) is 0 Å². The van der Waals surface area contributed by atoms with Crippen molar-refractivity contribution in [2.75, 3.05) is 19.0 Å². The van der Waals surface area contributed by atoms with Gasteiger partial charge in [0.15, 0.2) is 0 Å². The van der Waals surface area contributed by atoms with Gasteiger partial charge in [-0.15, -0.1) is 0 Å². The Morgan fingerprint density at radius 2 is 2.12 bits per heavy atom. The number of para-hydroxylation sites is 2. The molecular weight excluding hydrogens is 212 g/mol. The SMILES string of the molecule is CCn1c(N(C)C(C)NC)nc2ccccc21. The van der Waals surface area contributed by atoms with Crippen LogP contribution in [0.5, 0.6) is 0 Å². The quantitative estimate of drug-likeness (QED) is 0.819. The van der Waals surface area contributed by atoms with Gasteiger partial charge in [0.2, 0.25) is 5.95 Å². The third-order valence-corrected chi connectivity index (χ3v) is 3.26. The second-order valence-electron chi connectivity index (χ2n) is 4.22. The van der Waals surface area contributed by atoms with Crippen molar-refractivity contribution in [2.45, 2.75) is 26.6 Å². The number of anilines is 1. The molecule has 1 unspecified atom stereocenters. The van der Waals surface area contributed by atoms with E-state index in [2.05, 4.69) is 53.9 Å². The van der Waals surface area contributed by atoms with Crippen LogP contribution < -0.4 is 10.2 Å². The Balaban J connectivity index is 2.53. The van der Waals surface area contributed by atoms with E-state index in [1.165, 1.54) is 5.52 Å². The minimum atomic E-state index is 0.261. The average molecular weight is 232 g/mol. The highest BCUT2D eigenvalue weighted by molar-refractivity contribution is 5.78. The largest absolute Gasteiger partial charge is 0.330 e. The summed E-state index contributed by atoms with van der Waals surface area (Å²) in [4.78, 5) is 6.86. The third kappa shape index (κ3) is 2.00. The first kappa shape index (κ1) is 11.9. The van der Waals surface area contributed by atoms with Crippen LogP contribution in [0.2, 0.25) is 0 Å². The van der Waals surface area contributed by atoms with Crippen LogP contribution in [0.15, 0.2) is 24.3 Å². The number of aryl methyl sites for hydroxylation is 1. The summed E-state index contributed by atoms with van der Waals surface area (Å²) >= 11 is 0. The van der Waals surface area contributed by atoms with E-state index in [9.17, 15) is 0 Å². The first-order valence-corrected chi connectivity index (χ1v) is 6.04. The zero-order chi connectivity index (χ0) is 12.4. The van der Waals surface area contributed by atoms with E-state index in [-0.39, 0.29) is 6.17 Å². The Morgan fingerprint density at radius 1 is 1.41 bits per heavy atom. The molecule has 0 bridgehead atoms. The Kier molecular flexibility index (Phi) is 3.33. The summed E-state index contributed by atoms with van der Waals surface area (Å²) in [5, 5.41) is 3.23. The van der Waals surface area contributed by atoms with Crippen LogP contribution in [0.3, 0.4) is 0 Å². The molecule has 1 heterocycles. The molecule has 0 spiro atoms. The second kappa shape index (κ2) is 4.75. The molecule has 2 aromatic rings. The van der Waals surface area contributed by atoms with Crippen molar-refractivity contribution in [3.63, 3.8) is 0 Å². The van der Waals surface area contributed by atoms with E-state index < -0.39 is 0 Å². The van der Waals surface area contributed by atoms with Crippen LogP contribution in [0.25, 0.3) is 11.0 Å². The minimum absolute atomic E-state index is 0.261. The first-order chi connectivity index (χ1) is 8.19. The Hall–Kier alpha value is -1.55. The molecule has 1 N–H and O–H groups in total. The molecule has 1 aromatic carbocycles. The van der Waals surface area contributed by atoms with E-state index in [1.807, 2.05) is 13.1 Å². The number of benzene rings is 1. The number of nitrogens with zero attached hydrogens (tertiary/aromatic N) is 3. The van der Waals surface area contributed by atoms with Crippen molar-refractivity contribution in [3.05, 3.63) is 24.3 Å². The predicted octanol–water partition coefficient (Wildman–Crippen LogP) is 2.06. The van der Waals surface area contributed by atoms with E-state index in [0.29, 0.717) is 0 Å². The smallest absolute Gasteiger partial charge is 0.207 e. The van der Waals surface area contributed by atoms with Crippen molar-refractivity contribution >= 4 is 17.0 Å². The summed E-state index contributed by atoms with van der Waals surface area (Å²) in [6, 6.07) is 8.26. The van der Waals surface area contributed by atoms with Gasteiger partial charge in [-0.3, -0.25) is 0 Å². The molecule has 0 saturated heterocycles. The van der Waals surface area contributed by atoms with E-state index in [0.717, 1.165) is 18.0 Å².